The number of hydrogen-bond donors (Lipinski definition) is 2. The van der Waals surface area contributed by atoms with Crippen molar-refractivity contribution in [2.45, 2.75) is 57.2 Å². The van der Waals surface area contributed by atoms with Crippen molar-refractivity contribution in [1.29, 1.82) is 0 Å². The average Bonchev–Trinajstić information content (AvgIpc) is 2.70. The Kier molecular flexibility index (Phi) is 5.96. The Balaban J connectivity index is 1.74. The van der Waals surface area contributed by atoms with E-state index in [0.717, 1.165) is 49.5 Å². The lowest BCUT2D eigenvalue weighted by Gasteiger charge is -2.50. The monoisotopic (exact) mass is 400 g/mol. The molecule has 2 N–H and O–H groups in total. The van der Waals surface area contributed by atoms with Crippen molar-refractivity contribution in [2.24, 2.45) is 5.92 Å². The molecule has 4 heteroatoms. The summed E-state index contributed by atoms with van der Waals surface area (Å²) in [5.74, 6) is 1.22. The summed E-state index contributed by atoms with van der Waals surface area (Å²) >= 11 is 6.50. The van der Waals surface area contributed by atoms with Crippen molar-refractivity contribution >= 4 is 11.6 Å². The summed E-state index contributed by atoms with van der Waals surface area (Å²) in [5, 5.41) is 12.3. The molecule has 3 nitrogen and oxygen atoms in total. The molecule has 2 aromatic rings. The number of likely N-dealkylation sites (tertiary alicyclic amines) is 1. The van der Waals surface area contributed by atoms with E-state index < -0.39 is 5.60 Å². The van der Waals surface area contributed by atoms with Crippen LogP contribution in [-0.4, -0.2) is 23.9 Å². The Hall–Kier alpha value is -1.55. The van der Waals surface area contributed by atoms with E-state index in [1.807, 2.05) is 25.1 Å². The Morgan fingerprint density at radius 3 is 2.71 bits per heavy atom. The van der Waals surface area contributed by atoms with E-state index >= 15 is 0 Å². The van der Waals surface area contributed by atoms with E-state index in [1.165, 1.54) is 22.4 Å². The predicted octanol–water partition coefficient (Wildman–Crippen LogP) is 4.19. The van der Waals surface area contributed by atoms with Crippen LogP contribution in [0.3, 0.4) is 0 Å². The van der Waals surface area contributed by atoms with Gasteiger partial charge in [0, 0.05) is 22.9 Å². The highest BCUT2D eigenvalue weighted by Crippen LogP contribution is 2.45. The minimum Gasteiger partial charge on any atom is -0.493 e. The average molecular weight is 401 g/mol. The van der Waals surface area contributed by atoms with Crippen molar-refractivity contribution in [3.63, 3.8) is 0 Å². The van der Waals surface area contributed by atoms with Crippen LogP contribution in [0.15, 0.2) is 48.5 Å². The number of benzene rings is 2. The van der Waals surface area contributed by atoms with Crippen molar-refractivity contribution in [2.75, 3.05) is 13.2 Å². The molecule has 0 spiro atoms. The molecule has 4 atom stereocenters. The first-order chi connectivity index (χ1) is 13.6. The fourth-order valence-corrected chi connectivity index (χ4v) is 5.60. The van der Waals surface area contributed by atoms with Gasteiger partial charge in [0.2, 0.25) is 0 Å². The Morgan fingerprint density at radius 1 is 1.11 bits per heavy atom. The SMILES string of the molecule is CCOc1ccccc1[C@H]1[C@@H]2CCCC[C@]2(O)CC[NH+]1Cc1ccccc1Cl. The van der Waals surface area contributed by atoms with Crippen molar-refractivity contribution < 1.29 is 14.7 Å². The number of hydrogen-bond acceptors (Lipinski definition) is 2. The first-order valence-corrected chi connectivity index (χ1v) is 11.0. The lowest BCUT2D eigenvalue weighted by molar-refractivity contribution is -0.958. The topological polar surface area (TPSA) is 33.9 Å². The van der Waals surface area contributed by atoms with Gasteiger partial charge in [-0.05, 0) is 38.0 Å². The van der Waals surface area contributed by atoms with Crippen molar-refractivity contribution in [3.8, 4) is 5.75 Å². The van der Waals surface area contributed by atoms with Crippen LogP contribution in [0.25, 0.3) is 0 Å². The Bertz CT molecular complexity index is 811. The number of quaternary nitrogens is 1. The highest BCUT2D eigenvalue weighted by molar-refractivity contribution is 6.31. The van der Waals surface area contributed by atoms with Crippen LogP contribution in [0.4, 0.5) is 0 Å². The summed E-state index contributed by atoms with van der Waals surface area (Å²) in [6, 6.07) is 16.8. The van der Waals surface area contributed by atoms with Gasteiger partial charge in [-0.1, -0.05) is 54.8 Å². The highest BCUT2D eigenvalue weighted by atomic mass is 35.5. The third-order valence-corrected chi connectivity index (χ3v) is 7.08. The molecule has 1 aliphatic carbocycles. The lowest BCUT2D eigenvalue weighted by Crippen LogP contribution is -3.13. The van der Waals surface area contributed by atoms with E-state index in [9.17, 15) is 5.11 Å². The van der Waals surface area contributed by atoms with Gasteiger partial charge in [-0.15, -0.1) is 0 Å². The molecule has 2 fully saturated rings. The number of halogens is 1. The van der Waals surface area contributed by atoms with Crippen LogP contribution in [0, 0.1) is 5.92 Å². The van der Waals surface area contributed by atoms with Crippen LogP contribution in [0.5, 0.6) is 5.75 Å². The predicted molar refractivity (Wildman–Crippen MR) is 113 cm³/mol. The van der Waals surface area contributed by atoms with E-state index in [0.29, 0.717) is 6.61 Å². The number of para-hydroxylation sites is 1. The summed E-state index contributed by atoms with van der Waals surface area (Å²) < 4.78 is 6.00. The third-order valence-electron chi connectivity index (χ3n) is 6.72. The number of rotatable bonds is 5. The van der Waals surface area contributed by atoms with Gasteiger partial charge in [0.05, 0.1) is 24.3 Å². The zero-order valence-corrected chi connectivity index (χ0v) is 17.4. The third kappa shape index (κ3) is 3.80. The first-order valence-electron chi connectivity index (χ1n) is 10.6. The summed E-state index contributed by atoms with van der Waals surface area (Å²) in [4.78, 5) is 1.48. The fraction of sp³-hybridized carbons (Fsp3) is 0.500. The molecular weight excluding hydrogens is 370 g/mol. The van der Waals surface area contributed by atoms with Crippen LogP contribution < -0.4 is 9.64 Å². The van der Waals surface area contributed by atoms with Crippen LogP contribution in [-0.2, 0) is 6.54 Å². The van der Waals surface area contributed by atoms with Crippen LogP contribution in [0.2, 0.25) is 5.02 Å². The molecule has 1 saturated heterocycles. The highest BCUT2D eigenvalue weighted by Gasteiger charge is 2.52. The van der Waals surface area contributed by atoms with Gasteiger partial charge < -0.3 is 14.7 Å². The largest absolute Gasteiger partial charge is 0.493 e. The molecule has 28 heavy (non-hydrogen) atoms. The second-order valence-electron chi connectivity index (χ2n) is 8.33. The first kappa shape index (κ1) is 19.8. The molecule has 0 amide bonds. The van der Waals surface area contributed by atoms with Gasteiger partial charge >= 0.3 is 0 Å². The molecule has 1 aliphatic heterocycles. The zero-order chi connectivity index (χ0) is 19.6. The standard InChI is InChI=1S/C24H30ClNO2/c1-2-28-22-13-6-4-10-19(22)23-20-11-7-8-14-24(20,27)15-16-26(23)17-18-9-3-5-12-21(18)25/h3-6,9-10,12-13,20,23,27H,2,7-8,11,14-17H2,1H3/p+1/t20-,23-,24-/m0/s1. The molecule has 150 valence electrons. The fourth-order valence-electron chi connectivity index (χ4n) is 5.40. The maximum Gasteiger partial charge on any atom is 0.128 e. The maximum atomic E-state index is 11.5. The summed E-state index contributed by atoms with van der Waals surface area (Å²) in [6.07, 6.45) is 5.19. The molecule has 1 unspecified atom stereocenters. The Morgan fingerprint density at radius 2 is 1.89 bits per heavy atom. The number of fused-ring (bicyclic) bond motifs is 1. The van der Waals surface area contributed by atoms with Gasteiger partial charge in [-0.3, -0.25) is 0 Å². The summed E-state index contributed by atoms with van der Waals surface area (Å²) in [6.45, 7) is 4.50. The number of ether oxygens (including phenoxy) is 1. The van der Waals surface area contributed by atoms with Crippen LogP contribution in [0.1, 0.15) is 56.2 Å². The zero-order valence-electron chi connectivity index (χ0n) is 16.7. The summed E-state index contributed by atoms with van der Waals surface area (Å²) in [7, 11) is 0. The Labute approximate surface area is 173 Å². The van der Waals surface area contributed by atoms with Crippen molar-refractivity contribution in [1.82, 2.24) is 0 Å². The second-order valence-corrected chi connectivity index (χ2v) is 8.74. The van der Waals surface area contributed by atoms with Crippen molar-refractivity contribution in [3.05, 3.63) is 64.7 Å². The van der Waals surface area contributed by atoms with Gasteiger partial charge in [0.1, 0.15) is 18.3 Å². The number of nitrogens with one attached hydrogen (secondary N) is 1. The summed E-state index contributed by atoms with van der Waals surface area (Å²) in [5.41, 5.74) is 1.86. The smallest absolute Gasteiger partial charge is 0.128 e. The second kappa shape index (κ2) is 8.44. The van der Waals surface area contributed by atoms with E-state index in [2.05, 4.69) is 30.3 Å². The quantitative estimate of drug-likeness (QED) is 0.789. The molecule has 2 aromatic carbocycles. The van der Waals surface area contributed by atoms with Gasteiger partial charge in [-0.25, -0.2) is 0 Å². The lowest BCUT2D eigenvalue weighted by atomic mass is 9.66. The van der Waals surface area contributed by atoms with E-state index in [4.69, 9.17) is 16.3 Å². The maximum absolute atomic E-state index is 11.5. The minimum absolute atomic E-state index is 0.220. The molecule has 0 bridgehead atoms. The molecule has 0 aromatic heterocycles. The normalized spacial score (nSPS) is 29.9. The van der Waals surface area contributed by atoms with E-state index in [-0.39, 0.29) is 12.0 Å². The molecule has 4 rings (SSSR count). The number of aliphatic hydroxyl groups is 1. The molecule has 1 saturated carbocycles. The van der Waals surface area contributed by atoms with Gasteiger partial charge in [0.25, 0.3) is 0 Å². The van der Waals surface area contributed by atoms with Crippen LogP contribution >= 0.6 is 11.6 Å². The minimum atomic E-state index is -0.549. The molecular formula is C24H31ClNO2+. The van der Waals surface area contributed by atoms with Gasteiger partial charge in [-0.2, -0.15) is 0 Å². The molecule has 2 aliphatic rings. The van der Waals surface area contributed by atoms with Gasteiger partial charge in [0.15, 0.2) is 0 Å². The molecule has 1 heterocycles. The van der Waals surface area contributed by atoms with E-state index in [1.54, 1.807) is 0 Å². The molecule has 0 radical (unpaired) electrons. The number of piperidine rings is 1.